The number of hydrogen-bond donors (Lipinski definition) is 2. The van der Waals surface area contributed by atoms with Crippen LogP contribution in [0.25, 0.3) is 0 Å². The summed E-state index contributed by atoms with van der Waals surface area (Å²) in [4.78, 5) is 28.0. The van der Waals surface area contributed by atoms with Crippen molar-refractivity contribution in [3.8, 4) is 0 Å². The van der Waals surface area contributed by atoms with E-state index in [2.05, 4.69) is 63.7 Å². The van der Waals surface area contributed by atoms with Crippen molar-refractivity contribution in [2.75, 3.05) is 11.1 Å². The highest BCUT2D eigenvalue weighted by Gasteiger charge is 2.33. The maximum absolute atomic E-state index is 13.5. The Bertz CT molecular complexity index is 1140. The topological polar surface area (TPSA) is 104 Å². The van der Waals surface area contributed by atoms with Crippen molar-refractivity contribution in [1.82, 2.24) is 25.5 Å². The first-order valence-electron chi connectivity index (χ1n) is 12.8. The number of nitrogens with one attached hydrogen (secondary N) is 2. The van der Waals surface area contributed by atoms with E-state index in [9.17, 15) is 9.59 Å². The highest BCUT2D eigenvalue weighted by molar-refractivity contribution is 7.99. The highest BCUT2D eigenvalue weighted by Crippen LogP contribution is 2.39. The lowest BCUT2D eigenvalue weighted by Gasteiger charge is -2.41. The van der Waals surface area contributed by atoms with Crippen LogP contribution in [0.4, 0.5) is 5.95 Å². The van der Waals surface area contributed by atoms with Gasteiger partial charge in [0.1, 0.15) is 0 Å². The minimum absolute atomic E-state index is 0.129. The van der Waals surface area contributed by atoms with Crippen molar-refractivity contribution >= 4 is 29.5 Å². The number of aromatic nitrogens is 4. The second-order valence-electron chi connectivity index (χ2n) is 10.8. The zero-order valence-corrected chi connectivity index (χ0v) is 22.6. The third-order valence-electron chi connectivity index (χ3n) is 7.16. The van der Waals surface area contributed by atoms with Crippen LogP contribution < -0.4 is 5.32 Å². The van der Waals surface area contributed by atoms with Crippen LogP contribution in [-0.2, 0) is 17.1 Å². The van der Waals surface area contributed by atoms with E-state index >= 15 is 0 Å². The first kappa shape index (κ1) is 26.9. The average molecular weight is 521 g/mol. The smallest absolute Gasteiger partial charge is 0.270 e. The molecule has 1 fully saturated rings. The molecular weight excluding hydrogens is 484 g/mol. The first-order valence-corrected chi connectivity index (χ1v) is 14.0. The number of benzene rings is 2. The molecule has 196 valence electrons. The molecule has 2 amide bonds. The Balaban J connectivity index is 1.41. The predicted molar refractivity (Wildman–Crippen MR) is 147 cm³/mol. The van der Waals surface area contributed by atoms with Gasteiger partial charge in [-0.15, -0.1) is 16.9 Å². The molecule has 1 aliphatic carbocycles. The molecule has 2 N–H and O–H groups in total. The fourth-order valence-corrected chi connectivity index (χ4v) is 5.81. The summed E-state index contributed by atoms with van der Waals surface area (Å²) in [5.74, 6) is 1.97. The maximum Gasteiger partial charge on any atom is 0.270 e. The summed E-state index contributed by atoms with van der Waals surface area (Å²) in [5.41, 5.74) is 3.03. The van der Waals surface area contributed by atoms with Gasteiger partial charge in [0.15, 0.2) is 0 Å². The fraction of sp³-hybridized carbons (Fsp3) is 0.464. The fourth-order valence-electron chi connectivity index (χ4n) is 4.93. The molecule has 1 saturated carbocycles. The van der Waals surface area contributed by atoms with E-state index in [1.165, 1.54) is 5.56 Å². The number of hydrogen-bond acceptors (Lipinski definition) is 6. The summed E-state index contributed by atoms with van der Waals surface area (Å²) in [7, 11) is 0. The van der Waals surface area contributed by atoms with Gasteiger partial charge in [-0.05, 0) is 65.5 Å². The van der Waals surface area contributed by atoms with Gasteiger partial charge >= 0.3 is 0 Å². The lowest BCUT2D eigenvalue weighted by atomic mass is 9.71. The zero-order chi connectivity index (χ0) is 26.3. The van der Waals surface area contributed by atoms with E-state index in [4.69, 9.17) is 0 Å². The highest BCUT2D eigenvalue weighted by atomic mass is 32.2. The molecule has 0 bridgehead atoms. The van der Waals surface area contributed by atoms with Crippen LogP contribution in [0.5, 0.6) is 0 Å². The molecule has 0 aliphatic heterocycles. The van der Waals surface area contributed by atoms with Gasteiger partial charge < -0.3 is 4.90 Å². The molecule has 2 aromatic carbocycles. The van der Waals surface area contributed by atoms with E-state index in [0.29, 0.717) is 29.2 Å². The van der Waals surface area contributed by atoms with Gasteiger partial charge in [-0.1, -0.05) is 68.3 Å². The largest absolute Gasteiger partial charge is 0.335 e. The summed E-state index contributed by atoms with van der Waals surface area (Å²) < 4.78 is 0. The Kier molecular flexibility index (Phi) is 8.97. The zero-order valence-electron chi connectivity index (χ0n) is 21.8. The molecule has 0 unspecified atom stereocenters. The number of anilines is 1. The number of nitrogens with zero attached hydrogens (tertiary/aromatic N) is 4. The number of rotatable bonds is 9. The molecule has 0 spiro atoms. The third kappa shape index (κ3) is 7.64. The standard InChI is InChI=1S/C28H36N6O2S/c1-28(2,3)23-13-15-24(16-14-23)34(25(35)19-37-18-21-7-5-4-6-8-21)17-20-9-11-22(12-10-20)26(36)29-27-30-32-33-31-27/h4-12,23-24H,13-19H2,1-3H3,(H2,29,30,31,32,33,36). The third-order valence-corrected chi connectivity index (χ3v) is 8.15. The number of aromatic amines is 1. The summed E-state index contributed by atoms with van der Waals surface area (Å²) >= 11 is 1.67. The molecule has 0 saturated heterocycles. The van der Waals surface area contributed by atoms with Crippen LogP contribution in [0.3, 0.4) is 0 Å². The van der Waals surface area contributed by atoms with Crippen LogP contribution in [0.15, 0.2) is 54.6 Å². The van der Waals surface area contributed by atoms with Gasteiger partial charge in [0.2, 0.25) is 5.91 Å². The molecule has 8 nitrogen and oxygen atoms in total. The van der Waals surface area contributed by atoms with Crippen LogP contribution in [-0.4, -0.2) is 49.1 Å². The van der Waals surface area contributed by atoms with Gasteiger partial charge in [-0.25, -0.2) is 0 Å². The first-order chi connectivity index (χ1) is 17.8. The Morgan fingerprint density at radius 3 is 2.32 bits per heavy atom. The molecule has 4 rings (SSSR count). The summed E-state index contributed by atoms with van der Waals surface area (Å²) in [6, 6.07) is 17.9. The summed E-state index contributed by atoms with van der Waals surface area (Å²) in [6.07, 6.45) is 4.35. The number of H-pyrrole nitrogens is 1. The van der Waals surface area contributed by atoms with Crippen LogP contribution in [0.1, 0.15) is 67.9 Å². The molecule has 37 heavy (non-hydrogen) atoms. The van der Waals surface area contributed by atoms with E-state index < -0.39 is 0 Å². The molecule has 0 radical (unpaired) electrons. The molecular formula is C28H36N6O2S. The van der Waals surface area contributed by atoms with Crippen LogP contribution >= 0.6 is 11.8 Å². The SMILES string of the molecule is CC(C)(C)C1CCC(N(Cc2ccc(C(=O)Nc3nn[nH]n3)cc2)C(=O)CSCc2ccccc2)CC1. The number of amides is 2. The summed E-state index contributed by atoms with van der Waals surface area (Å²) in [5, 5.41) is 15.8. The van der Waals surface area contributed by atoms with Crippen LogP contribution in [0, 0.1) is 11.3 Å². The van der Waals surface area contributed by atoms with E-state index in [1.807, 2.05) is 30.3 Å². The van der Waals surface area contributed by atoms with Crippen molar-refractivity contribution in [3.05, 3.63) is 71.3 Å². The lowest BCUT2D eigenvalue weighted by molar-refractivity contribution is -0.132. The predicted octanol–water partition coefficient (Wildman–Crippen LogP) is 5.32. The Morgan fingerprint density at radius 1 is 1.00 bits per heavy atom. The van der Waals surface area contributed by atoms with Gasteiger partial charge in [-0.3, -0.25) is 14.9 Å². The number of thioether (sulfide) groups is 1. The van der Waals surface area contributed by atoms with Crippen molar-refractivity contribution in [2.24, 2.45) is 11.3 Å². The van der Waals surface area contributed by atoms with E-state index in [-0.39, 0.29) is 23.8 Å². The Labute approximate surface area is 223 Å². The van der Waals surface area contributed by atoms with Crippen molar-refractivity contribution in [3.63, 3.8) is 0 Å². The molecule has 1 aromatic heterocycles. The van der Waals surface area contributed by atoms with Gasteiger partial charge in [-0.2, -0.15) is 5.21 Å². The molecule has 3 aromatic rings. The molecule has 1 aliphatic rings. The average Bonchev–Trinajstić information content (AvgIpc) is 3.41. The van der Waals surface area contributed by atoms with Crippen molar-refractivity contribution in [2.45, 2.75) is 64.8 Å². The number of tetrazole rings is 1. The van der Waals surface area contributed by atoms with E-state index in [0.717, 1.165) is 37.0 Å². The lowest BCUT2D eigenvalue weighted by Crippen LogP contribution is -2.44. The van der Waals surface area contributed by atoms with Crippen LogP contribution in [0.2, 0.25) is 0 Å². The second kappa shape index (κ2) is 12.4. The normalized spacial score (nSPS) is 17.8. The Morgan fingerprint density at radius 2 is 1.70 bits per heavy atom. The number of carbonyl (C=O) groups is 2. The van der Waals surface area contributed by atoms with Crippen molar-refractivity contribution in [1.29, 1.82) is 0 Å². The second-order valence-corrected chi connectivity index (χ2v) is 11.7. The van der Waals surface area contributed by atoms with Crippen molar-refractivity contribution < 1.29 is 9.59 Å². The van der Waals surface area contributed by atoms with Gasteiger partial charge in [0.25, 0.3) is 11.9 Å². The minimum Gasteiger partial charge on any atom is -0.335 e. The molecule has 1 heterocycles. The number of carbonyl (C=O) groups excluding carboxylic acids is 2. The van der Waals surface area contributed by atoms with E-state index in [1.54, 1.807) is 23.9 Å². The minimum atomic E-state index is -0.307. The maximum atomic E-state index is 13.5. The Hall–Kier alpha value is -3.20. The monoisotopic (exact) mass is 520 g/mol. The van der Waals surface area contributed by atoms with Gasteiger partial charge in [0.05, 0.1) is 5.75 Å². The van der Waals surface area contributed by atoms with Gasteiger partial charge in [0, 0.05) is 23.9 Å². The quantitative estimate of drug-likeness (QED) is 0.396. The molecule has 9 heteroatoms. The molecule has 0 atom stereocenters. The summed E-state index contributed by atoms with van der Waals surface area (Å²) in [6.45, 7) is 7.49.